The second-order valence-electron chi connectivity index (χ2n) is 7.12. The summed E-state index contributed by atoms with van der Waals surface area (Å²) in [6.07, 6.45) is -9.27. The Morgan fingerprint density at radius 1 is 1.14 bits per heavy atom. The Bertz CT molecular complexity index is 1130. The molecule has 0 bridgehead atoms. The number of ether oxygens (including phenoxy) is 1. The van der Waals surface area contributed by atoms with Crippen molar-refractivity contribution in [3.63, 3.8) is 0 Å². The summed E-state index contributed by atoms with van der Waals surface area (Å²) in [4.78, 5) is 23.9. The van der Waals surface area contributed by atoms with Crippen LogP contribution in [0.5, 0.6) is 5.75 Å². The molecule has 8 nitrogen and oxygen atoms in total. The van der Waals surface area contributed by atoms with Gasteiger partial charge < -0.3 is 20.9 Å². The zero-order valence-electron chi connectivity index (χ0n) is 18.1. The highest BCUT2D eigenvalue weighted by molar-refractivity contribution is 5.98. The van der Waals surface area contributed by atoms with Gasteiger partial charge in [-0.2, -0.15) is 13.2 Å². The lowest BCUT2D eigenvalue weighted by molar-refractivity contribution is -0.137. The largest absolute Gasteiger partial charge is 0.478 e. The van der Waals surface area contributed by atoms with Crippen LogP contribution < -0.4 is 21.6 Å². The molecule has 0 spiro atoms. The molecular formula is C22H21F5N4O4. The molecule has 0 saturated carbocycles. The normalized spacial score (nSPS) is 13.1. The first-order valence-corrected chi connectivity index (χ1v) is 9.67. The van der Waals surface area contributed by atoms with Gasteiger partial charge in [0, 0.05) is 12.6 Å². The predicted octanol–water partition coefficient (Wildman–Crippen LogP) is 3.39. The van der Waals surface area contributed by atoms with Crippen molar-refractivity contribution >= 4 is 11.9 Å². The molecule has 1 atom stereocenters. The van der Waals surface area contributed by atoms with Crippen molar-refractivity contribution in [1.29, 1.82) is 0 Å². The summed E-state index contributed by atoms with van der Waals surface area (Å²) in [6, 6.07) is 8.52. The molecule has 2 rings (SSSR count). The quantitative estimate of drug-likeness (QED) is 0.0790. The fourth-order valence-electron chi connectivity index (χ4n) is 2.77. The number of nitrogens with one attached hydrogen (secondary N) is 1. The van der Waals surface area contributed by atoms with Crippen LogP contribution in [0.1, 0.15) is 27.7 Å². The Labute approximate surface area is 196 Å². The van der Waals surface area contributed by atoms with Crippen molar-refractivity contribution in [3.8, 4) is 5.75 Å². The van der Waals surface area contributed by atoms with Crippen LogP contribution >= 0.6 is 0 Å². The number of nitrogens with zero attached hydrogens (tertiary/aromatic N) is 1. The molecule has 0 aliphatic heterocycles. The first kappa shape index (κ1) is 27.3. The smallest absolute Gasteiger partial charge is 0.416 e. The molecule has 0 heterocycles. The molecule has 188 valence electrons. The lowest BCUT2D eigenvalue weighted by atomic mass is 10.1. The van der Waals surface area contributed by atoms with Gasteiger partial charge in [0.25, 0.3) is 12.3 Å². The third-order valence-corrected chi connectivity index (χ3v) is 4.53. The molecule has 13 heteroatoms. The third kappa shape index (κ3) is 7.01. The fraction of sp³-hybridized carbons (Fsp3) is 0.182. The van der Waals surface area contributed by atoms with Crippen molar-refractivity contribution in [1.82, 2.24) is 10.3 Å². The summed E-state index contributed by atoms with van der Waals surface area (Å²) in [5, 5.41) is 11.8. The van der Waals surface area contributed by atoms with Crippen LogP contribution in [0.25, 0.3) is 0 Å². The summed E-state index contributed by atoms with van der Waals surface area (Å²) in [7, 11) is 1.11. The Hall–Kier alpha value is -3.97. The SMILES string of the molecule is C=C(/C(C(=O)N[C@H](N)c1ccc(C(=O)O)cc1)=C(/Oc1cccc(C(F)(F)F)c1)N(C)N)C(F)F. The lowest BCUT2D eigenvalue weighted by Gasteiger charge is -2.24. The van der Waals surface area contributed by atoms with E-state index in [4.69, 9.17) is 21.4 Å². The van der Waals surface area contributed by atoms with E-state index >= 15 is 0 Å². The molecule has 0 fully saturated rings. The summed E-state index contributed by atoms with van der Waals surface area (Å²) in [5.41, 5.74) is 3.10. The predicted molar refractivity (Wildman–Crippen MR) is 115 cm³/mol. The zero-order chi connectivity index (χ0) is 26.5. The van der Waals surface area contributed by atoms with Gasteiger partial charge in [-0.05, 0) is 35.9 Å². The highest BCUT2D eigenvalue weighted by atomic mass is 19.4. The average Bonchev–Trinajstić information content (AvgIpc) is 2.77. The first-order valence-electron chi connectivity index (χ1n) is 9.67. The number of carbonyl (C=O) groups is 2. The zero-order valence-corrected chi connectivity index (χ0v) is 18.1. The maximum atomic E-state index is 13.5. The second kappa shape index (κ2) is 11.0. The van der Waals surface area contributed by atoms with Gasteiger partial charge >= 0.3 is 12.1 Å². The summed E-state index contributed by atoms with van der Waals surface area (Å²) in [6.45, 7) is 3.17. The van der Waals surface area contributed by atoms with E-state index in [1.54, 1.807) is 0 Å². The van der Waals surface area contributed by atoms with Crippen molar-refractivity contribution in [3.05, 3.63) is 88.8 Å². The fourth-order valence-corrected chi connectivity index (χ4v) is 2.77. The minimum Gasteiger partial charge on any atom is -0.478 e. The van der Waals surface area contributed by atoms with Gasteiger partial charge in [0.15, 0.2) is 0 Å². The highest BCUT2D eigenvalue weighted by Gasteiger charge is 2.32. The van der Waals surface area contributed by atoms with E-state index in [2.05, 4.69) is 11.9 Å². The number of carboxylic acids is 1. The van der Waals surface area contributed by atoms with Crippen molar-refractivity contribution in [2.24, 2.45) is 11.6 Å². The van der Waals surface area contributed by atoms with Gasteiger partial charge in [-0.25, -0.2) is 19.4 Å². The van der Waals surface area contributed by atoms with Crippen molar-refractivity contribution < 1.29 is 41.4 Å². The molecule has 2 aromatic carbocycles. The molecule has 0 radical (unpaired) electrons. The Balaban J connectivity index is 2.46. The number of hydrogen-bond donors (Lipinski definition) is 4. The van der Waals surface area contributed by atoms with Gasteiger partial charge in [-0.3, -0.25) is 9.80 Å². The number of carbonyl (C=O) groups excluding carboxylic acids is 1. The topological polar surface area (TPSA) is 131 Å². The van der Waals surface area contributed by atoms with E-state index in [-0.39, 0.29) is 11.1 Å². The average molecular weight is 500 g/mol. The Morgan fingerprint density at radius 2 is 1.74 bits per heavy atom. The Morgan fingerprint density at radius 3 is 2.23 bits per heavy atom. The summed E-state index contributed by atoms with van der Waals surface area (Å²) in [5.74, 6) is 2.07. The molecule has 1 amide bonds. The van der Waals surface area contributed by atoms with Crippen molar-refractivity contribution in [2.75, 3.05) is 7.05 Å². The molecular weight excluding hydrogens is 479 g/mol. The van der Waals surface area contributed by atoms with Crippen LogP contribution in [0.2, 0.25) is 0 Å². The maximum Gasteiger partial charge on any atom is 0.416 e. The summed E-state index contributed by atoms with van der Waals surface area (Å²) >= 11 is 0. The van der Waals surface area contributed by atoms with Gasteiger partial charge in [-0.1, -0.05) is 24.8 Å². The molecule has 35 heavy (non-hydrogen) atoms. The van der Waals surface area contributed by atoms with Gasteiger partial charge in [-0.15, -0.1) is 0 Å². The van der Waals surface area contributed by atoms with E-state index in [1.807, 2.05) is 0 Å². The van der Waals surface area contributed by atoms with Gasteiger partial charge in [0.1, 0.15) is 17.5 Å². The van der Waals surface area contributed by atoms with Crippen LogP contribution in [-0.4, -0.2) is 35.5 Å². The van der Waals surface area contributed by atoms with E-state index in [1.165, 1.54) is 24.3 Å². The highest BCUT2D eigenvalue weighted by Crippen LogP contribution is 2.32. The van der Waals surface area contributed by atoms with Crippen LogP contribution in [0.3, 0.4) is 0 Å². The molecule has 0 aliphatic carbocycles. The number of amides is 1. The number of rotatable bonds is 9. The number of carboxylic acid groups (broad SMARTS) is 1. The number of nitrogens with two attached hydrogens (primary N) is 2. The summed E-state index contributed by atoms with van der Waals surface area (Å²) < 4.78 is 71.5. The lowest BCUT2D eigenvalue weighted by Crippen LogP contribution is -2.39. The number of halogens is 5. The van der Waals surface area contributed by atoms with Gasteiger partial charge in [0.05, 0.1) is 11.1 Å². The molecule has 0 saturated heterocycles. The molecule has 0 aromatic heterocycles. The van der Waals surface area contributed by atoms with Crippen LogP contribution in [-0.2, 0) is 11.0 Å². The van der Waals surface area contributed by atoms with Crippen molar-refractivity contribution in [2.45, 2.75) is 18.8 Å². The first-order chi connectivity index (χ1) is 16.2. The number of alkyl halides is 5. The molecule has 0 unspecified atom stereocenters. The minimum absolute atomic E-state index is 0.0551. The monoisotopic (exact) mass is 500 g/mol. The van der Waals surface area contributed by atoms with Crippen LogP contribution in [0.15, 0.2) is 72.1 Å². The van der Waals surface area contributed by atoms with Crippen LogP contribution in [0.4, 0.5) is 22.0 Å². The maximum absolute atomic E-state index is 13.5. The minimum atomic E-state index is -4.71. The number of aromatic carboxylic acids is 1. The van der Waals surface area contributed by atoms with E-state index in [0.717, 1.165) is 25.2 Å². The molecule has 2 aromatic rings. The molecule has 6 N–H and O–H groups in total. The molecule has 0 aliphatic rings. The second-order valence-corrected chi connectivity index (χ2v) is 7.12. The van der Waals surface area contributed by atoms with E-state index in [9.17, 15) is 31.5 Å². The standard InChI is InChI=1S/C22H21F5N4O4/c1-11(17(23)24)16(19(32)30-18(28)12-6-8-13(9-7-12)21(33)34)20(31(2)29)35-15-5-3-4-14(10-15)22(25,26)27/h3-10,17-18H,1,28-29H2,2H3,(H,30,32)(H,33,34)/b20-16-/t18-/m0/s1. The number of hydrogen-bond acceptors (Lipinski definition) is 6. The van der Waals surface area contributed by atoms with Gasteiger partial charge in [0.2, 0.25) is 5.88 Å². The van der Waals surface area contributed by atoms with E-state index in [0.29, 0.717) is 11.1 Å². The van der Waals surface area contributed by atoms with Crippen LogP contribution in [0, 0.1) is 0 Å². The third-order valence-electron chi connectivity index (χ3n) is 4.53. The van der Waals surface area contributed by atoms with E-state index < -0.39 is 59.0 Å². The number of benzene rings is 2. The Kier molecular flexibility index (Phi) is 8.55. The number of hydrazine groups is 1.